The van der Waals surface area contributed by atoms with Crippen LogP contribution in [0.2, 0.25) is 0 Å². The third-order valence-electron chi connectivity index (χ3n) is 3.12. The van der Waals surface area contributed by atoms with E-state index in [9.17, 15) is 9.59 Å². The first-order chi connectivity index (χ1) is 8.47. The Morgan fingerprint density at radius 3 is 1.72 bits per heavy atom. The van der Waals surface area contributed by atoms with Crippen LogP contribution in [0.1, 0.15) is 47.5 Å². The quantitative estimate of drug-likeness (QED) is 0.496. The van der Waals surface area contributed by atoms with Crippen molar-refractivity contribution >= 4 is 11.9 Å². The van der Waals surface area contributed by atoms with E-state index in [1.54, 1.807) is 13.8 Å². The van der Waals surface area contributed by atoms with E-state index >= 15 is 0 Å². The van der Waals surface area contributed by atoms with Crippen LogP contribution in [-0.2, 0) is 19.1 Å². The highest BCUT2D eigenvalue weighted by atomic mass is 16.6. The van der Waals surface area contributed by atoms with Gasteiger partial charge in [0.1, 0.15) is 0 Å². The van der Waals surface area contributed by atoms with Gasteiger partial charge in [0.05, 0.1) is 13.2 Å². The normalized spacial score (nSPS) is 14.1. The fourth-order valence-electron chi connectivity index (χ4n) is 1.96. The summed E-state index contributed by atoms with van der Waals surface area (Å²) in [7, 11) is 0. The molecular weight excluding hydrogens is 232 g/mol. The lowest BCUT2D eigenvalue weighted by molar-refractivity contribution is -0.164. The molecule has 0 bridgehead atoms. The standard InChI is InChI=1S/C14H26O4/c1-6-10(4)9-11(5)12(13(15)17-7-2)14(16)18-8-3/h10-12H,6-9H2,1-5H3/t10-,11-/m0/s1. The van der Waals surface area contributed by atoms with Gasteiger partial charge >= 0.3 is 11.9 Å². The summed E-state index contributed by atoms with van der Waals surface area (Å²) < 4.78 is 9.94. The molecule has 0 aromatic carbocycles. The molecule has 0 aliphatic carbocycles. The fourth-order valence-corrected chi connectivity index (χ4v) is 1.96. The smallest absolute Gasteiger partial charge is 0.320 e. The number of carbonyl (C=O) groups excluding carboxylic acids is 2. The Labute approximate surface area is 110 Å². The van der Waals surface area contributed by atoms with E-state index < -0.39 is 17.9 Å². The molecule has 0 heterocycles. The summed E-state index contributed by atoms with van der Waals surface area (Å²) in [6, 6.07) is 0. The second-order valence-corrected chi connectivity index (χ2v) is 4.71. The first-order valence-corrected chi connectivity index (χ1v) is 6.81. The molecule has 0 amide bonds. The molecule has 0 unspecified atom stereocenters. The number of hydrogen-bond acceptors (Lipinski definition) is 4. The van der Waals surface area contributed by atoms with E-state index in [2.05, 4.69) is 13.8 Å². The molecule has 2 atom stereocenters. The molecule has 0 aromatic rings. The Balaban J connectivity index is 4.73. The van der Waals surface area contributed by atoms with Crippen molar-refractivity contribution in [3.8, 4) is 0 Å². The summed E-state index contributed by atoms with van der Waals surface area (Å²) in [6.07, 6.45) is 1.85. The largest absolute Gasteiger partial charge is 0.465 e. The lowest BCUT2D eigenvalue weighted by Crippen LogP contribution is -2.34. The summed E-state index contributed by atoms with van der Waals surface area (Å²) in [6.45, 7) is 10.2. The van der Waals surface area contributed by atoms with E-state index in [1.807, 2.05) is 6.92 Å². The Morgan fingerprint density at radius 1 is 0.944 bits per heavy atom. The maximum absolute atomic E-state index is 11.8. The van der Waals surface area contributed by atoms with Crippen molar-refractivity contribution in [2.45, 2.75) is 47.5 Å². The molecule has 4 heteroatoms. The van der Waals surface area contributed by atoms with Gasteiger partial charge in [0.25, 0.3) is 0 Å². The molecule has 0 radical (unpaired) electrons. The Hall–Kier alpha value is -1.06. The minimum atomic E-state index is -0.793. The van der Waals surface area contributed by atoms with Gasteiger partial charge in [-0.3, -0.25) is 9.59 Å². The summed E-state index contributed by atoms with van der Waals surface area (Å²) in [4.78, 5) is 23.7. The number of esters is 2. The van der Waals surface area contributed by atoms with E-state index in [0.29, 0.717) is 5.92 Å². The molecule has 0 saturated heterocycles. The number of carbonyl (C=O) groups is 2. The molecule has 0 aliphatic rings. The minimum Gasteiger partial charge on any atom is -0.465 e. The van der Waals surface area contributed by atoms with Gasteiger partial charge in [-0.1, -0.05) is 27.2 Å². The van der Waals surface area contributed by atoms with Gasteiger partial charge < -0.3 is 9.47 Å². The first kappa shape index (κ1) is 16.9. The number of hydrogen-bond donors (Lipinski definition) is 0. The van der Waals surface area contributed by atoms with Crippen LogP contribution in [0.3, 0.4) is 0 Å². The highest BCUT2D eigenvalue weighted by Crippen LogP contribution is 2.24. The van der Waals surface area contributed by atoms with Crippen molar-refractivity contribution < 1.29 is 19.1 Å². The van der Waals surface area contributed by atoms with Crippen LogP contribution in [0, 0.1) is 17.8 Å². The highest BCUT2D eigenvalue weighted by Gasteiger charge is 2.35. The van der Waals surface area contributed by atoms with Gasteiger partial charge in [-0.05, 0) is 32.1 Å². The average Bonchev–Trinajstić information content (AvgIpc) is 2.29. The Bertz CT molecular complexity index is 245. The van der Waals surface area contributed by atoms with Crippen LogP contribution in [0.15, 0.2) is 0 Å². The minimum absolute atomic E-state index is 0.0574. The van der Waals surface area contributed by atoms with Gasteiger partial charge in [-0.15, -0.1) is 0 Å². The van der Waals surface area contributed by atoms with Crippen LogP contribution >= 0.6 is 0 Å². The molecule has 0 rings (SSSR count). The van der Waals surface area contributed by atoms with E-state index in [0.717, 1.165) is 12.8 Å². The number of ether oxygens (including phenoxy) is 2. The van der Waals surface area contributed by atoms with Gasteiger partial charge in [-0.25, -0.2) is 0 Å². The van der Waals surface area contributed by atoms with Crippen LogP contribution < -0.4 is 0 Å². The van der Waals surface area contributed by atoms with Gasteiger partial charge in [0.15, 0.2) is 5.92 Å². The van der Waals surface area contributed by atoms with Crippen molar-refractivity contribution in [1.29, 1.82) is 0 Å². The third kappa shape index (κ3) is 5.52. The Morgan fingerprint density at radius 2 is 1.39 bits per heavy atom. The molecule has 18 heavy (non-hydrogen) atoms. The van der Waals surface area contributed by atoms with Crippen molar-refractivity contribution in [3.05, 3.63) is 0 Å². The lowest BCUT2D eigenvalue weighted by atomic mass is 9.85. The molecule has 0 fully saturated rings. The summed E-state index contributed by atoms with van der Waals surface area (Å²) in [5.41, 5.74) is 0. The highest BCUT2D eigenvalue weighted by molar-refractivity contribution is 5.95. The maximum Gasteiger partial charge on any atom is 0.320 e. The van der Waals surface area contributed by atoms with Crippen LogP contribution in [0.5, 0.6) is 0 Å². The monoisotopic (exact) mass is 258 g/mol. The van der Waals surface area contributed by atoms with Crippen molar-refractivity contribution in [1.82, 2.24) is 0 Å². The molecule has 106 valence electrons. The SMILES string of the molecule is CCOC(=O)C(C(=O)OCC)[C@@H](C)C[C@@H](C)CC. The molecular formula is C14H26O4. The molecule has 0 spiro atoms. The molecule has 0 saturated carbocycles. The summed E-state index contributed by atoms with van der Waals surface area (Å²) >= 11 is 0. The molecule has 0 aliphatic heterocycles. The summed E-state index contributed by atoms with van der Waals surface area (Å²) in [5, 5.41) is 0. The van der Waals surface area contributed by atoms with Crippen molar-refractivity contribution in [3.63, 3.8) is 0 Å². The fraction of sp³-hybridized carbons (Fsp3) is 0.857. The average molecular weight is 258 g/mol. The summed E-state index contributed by atoms with van der Waals surface area (Å²) in [5.74, 6) is -1.30. The molecule has 0 N–H and O–H groups in total. The van der Waals surface area contributed by atoms with Crippen molar-refractivity contribution in [2.75, 3.05) is 13.2 Å². The van der Waals surface area contributed by atoms with E-state index in [1.165, 1.54) is 0 Å². The van der Waals surface area contributed by atoms with Crippen LogP contribution in [-0.4, -0.2) is 25.2 Å². The van der Waals surface area contributed by atoms with Crippen LogP contribution in [0.25, 0.3) is 0 Å². The maximum atomic E-state index is 11.8. The van der Waals surface area contributed by atoms with Gasteiger partial charge in [0, 0.05) is 0 Å². The molecule has 4 nitrogen and oxygen atoms in total. The van der Waals surface area contributed by atoms with Gasteiger partial charge in [0.2, 0.25) is 0 Å². The lowest BCUT2D eigenvalue weighted by Gasteiger charge is -2.22. The first-order valence-electron chi connectivity index (χ1n) is 6.81. The second kappa shape index (κ2) is 8.95. The van der Waals surface area contributed by atoms with Crippen LogP contribution in [0.4, 0.5) is 0 Å². The number of rotatable bonds is 8. The third-order valence-corrected chi connectivity index (χ3v) is 3.12. The van der Waals surface area contributed by atoms with E-state index in [4.69, 9.17) is 9.47 Å². The van der Waals surface area contributed by atoms with Crippen molar-refractivity contribution in [2.24, 2.45) is 17.8 Å². The predicted octanol–water partition coefficient (Wildman–Crippen LogP) is 2.80. The zero-order valence-electron chi connectivity index (χ0n) is 12.2. The predicted molar refractivity (Wildman–Crippen MR) is 70.0 cm³/mol. The zero-order chi connectivity index (χ0) is 14.1. The van der Waals surface area contributed by atoms with E-state index in [-0.39, 0.29) is 19.1 Å². The zero-order valence-corrected chi connectivity index (χ0v) is 12.2. The Kier molecular flexibility index (Phi) is 8.42. The second-order valence-electron chi connectivity index (χ2n) is 4.71. The van der Waals surface area contributed by atoms with Gasteiger partial charge in [-0.2, -0.15) is 0 Å². The molecule has 0 aromatic heterocycles. The topological polar surface area (TPSA) is 52.6 Å².